The van der Waals surface area contributed by atoms with Crippen LogP contribution in [0, 0.1) is 11.8 Å². The lowest BCUT2D eigenvalue weighted by Crippen LogP contribution is -2.44. The number of aromatic nitrogens is 1. The van der Waals surface area contributed by atoms with Crippen LogP contribution in [0.25, 0.3) is 0 Å². The fourth-order valence-electron chi connectivity index (χ4n) is 3.85. The zero-order valence-corrected chi connectivity index (χ0v) is 12.8. The molecule has 0 radical (unpaired) electrons. The highest BCUT2D eigenvalue weighted by Gasteiger charge is 2.29. The maximum absolute atomic E-state index is 12.7. The van der Waals surface area contributed by atoms with Crippen LogP contribution in [0.4, 0.5) is 0 Å². The Morgan fingerprint density at radius 2 is 2.00 bits per heavy atom. The van der Waals surface area contributed by atoms with Crippen molar-refractivity contribution in [1.29, 1.82) is 0 Å². The van der Waals surface area contributed by atoms with E-state index in [2.05, 4.69) is 22.0 Å². The van der Waals surface area contributed by atoms with Gasteiger partial charge >= 0.3 is 0 Å². The van der Waals surface area contributed by atoms with Gasteiger partial charge in [-0.3, -0.25) is 9.78 Å². The molecule has 1 aromatic rings. The largest absolute Gasteiger partial charge is 0.342 e. The molecule has 0 spiro atoms. The van der Waals surface area contributed by atoms with Crippen molar-refractivity contribution in [2.75, 3.05) is 13.1 Å². The van der Waals surface area contributed by atoms with Gasteiger partial charge in [-0.05, 0) is 50.2 Å². The van der Waals surface area contributed by atoms with Gasteiger partial charge in [-0.2, -0.15) is 0 Å². The Morgan fingerprint density at radius 1 is 1.14 bits per heavy atom. The molecule has 114 valence electrons. The first kappa shape index (κ1) is 14.6. The molecule has 3 heteroatoms. The second-order valence-corrected chi connectivity index (χ2v) is 6.65. The van der Waals surface area contributed by atoms with Crippen molar-refractivity contribution in [3.05, 3.63) is 30.1 Å². The van der Waals surface area contributed by atoms with E-state index in [9.17, 15) is 4.79 Å². The second kappa shape index (κ2) is 7.06. The molecule has 1 amide bonds. The summed E-state index contributed by atoms with van der Waals surface area (Å²) in [5, 5.41) is 0. The number of hydrogen-bond donors (Lipinski definition) is 0. The first-order valence-corrected chi connectivity index (χ1v) is 8.51. The summed E-state index contributed by atoms with van der Waals surface area (Å²) in [4.78, 5) is 19.2. The molecule has 0 bridgehead atoms. The Labute approximate surface area is 127 Å². The van der Waals surface area contributed by atoms with Crippen molar-refractivity contribution in [3.63, 3.8) is 0 Å². The lowest BCUT2D eigenvalue weighted by atomic mass is 9.86. The van der Waals surface area contributed by atoms with E-state index in [0.717, 1.165) is 44.5 Å². The highest BCUT2D eigenvalue weighted by atomic mass is 16.2. The Balaban J connectivity index is 1.56. The summed E-state index contributed by atoms with van der Waals surface area (Å²) in [6.45, 7) is 1.90. The third kappa shape index (κ3) is 3.84. The van der Waals surface area contributed by atoms with Gasteiger partial charge in [-0.15, -0.1) is 0 Å². The van der Waals surface area contributed by atoms with Crippen LogP contribution in [0.1, 0.15) is 50.6 Å². The summed E-state index contributed by atoms with van der Waals surface area (Å²) in [6, 6.07) is 6.11. The molecule has 21 heavy (non-hydrogen) atoms. The molecule has 1 atom stereocenters. The minimum absolute atomic E-state index is 0.312. The molecule has 1 unspecified atom stereocenters. The minimum atomic E-state index is 0.312. The average Bonchev–Trinajstić information content (AvgIpc) is 2.56. The molecule has 1 saturated heterocycles. The fourth-order valence-corrected chi connectivity index (χ4v) is 3.85. The van der Waals surface area contributed by atoms with Gasteiger partial charge in [0.25, 0.3) is 0 Å². The number of carbonyl (C=O) groups is 1. The number of pyridine rings is 1. The van der Waals surface area contributed by atoms with Gasteiger partial charge in [0.1, 0.15) is 0 Å². The van der Waals surface area contributed by atoms with E-state index >= 15 is 0 Å². The molecule has 3 nitrogen and oxygen atoms in total. The minimum Gasteiger partial charge on any atom is -0.342 e. The van der Waals surface area contributed by atoms with Gasteiger partial charge in [0, 0.05) is 30.9 Å². The highest BCUT2D eigenvalue weighted by Crippen LogP contribution is 2.28. The van der Waals surface area contributed by atoms with Gasteiger partial charge in [-0.25, -0.2) is 0 Å². The third-order valence-electron chi connectivity index (χ3n) is 5.01. The Morgan fingerprint density at radius 3 is 2.76 bits per heavy atom. The molecule has 2 heterocycles. The van der Waals surface area contributed by atoms with Gasteiger partial charge in [0.05, 0.1) is 0 Å². The maximum atomic E-state index is 12.7. The molecule has 2 fully saturated rings. The number of carbonyl (C=O) groups excluding carboxylic acids is 1. The number of amides is 1. The second-order valence-electron chi connectivity index (χ2n) is 6.65. The van der Waals surface area contributed by atoms with Gasteiger partial charge in [-0.1, -0.05) is 25.3 Å². The van der Waals surface area contributed by atoms with Crippen LogP contribution in [0.15, 0.2) is 24.4 Å². The maximum Gasteiger partial charge on any atom is 0.225 e. The zero-order valence-electron chi connectivity index (χ0n) is 12.8. The molecular formula is C18H26N2O. The zero-order chi connectivity index (χ0) is 14.5. The van der Waals surface area contributed by atoms with Crippen LogP contribution < -0.4 is 0 Å². The summed E-state index contributed by atoms with van der Waals surface area (Å²) >= 11 is 0. The van der Waals surface area contributed by atoms with E-state index in [1.54, 1.807) is 0 Å². The first-order chi connectivity index (χ1) is 10.3. The molecule has 0 aromatic carbocycles. The van der Waals surface area contributed by atoms with E-state index < -0.39 is 0 Å². The number of rotatable bonds is 3. The average molecular weight is 286 g/mol. The highest BCUT2D eigenvalue weighted by molar-refractivity contribution is 5.79. The predicted octanol–water partition coefficient (Wildman–Crippen LogP) is 3.44. The van der Waals surface area contributed by atoms with E-state index in [4.69, 9.17) is 0 Å². The molecule has 2 aliphatic rings. The Kier molecular flexibility index (Phi) is 4.89. The summed E-state index contributed by atoms with van der Waals surface area (Å²) in [6.07, 6.45) is 11.3. The van der Waals surface area contributed by atoms with Gasteiger partial charge in [0.15, 0.2) is 0 Å². The third-order valence-corrected chi connectivity index (χ3v) is 5.01. The predicted molar refractivity (Wildman–Crippen MR) is 83.8 cm³/mol. The fraction of sp³-hybridized carbons (Fsp3) is 0.667. The summed E-state index contributed by atoms with van der Waals surface area (Å²) in [7, 11) is 0. The van der Waals surface area contributed by atoms with Gasteiger partial charge < -0.3 is 4.90 Å². The molecule has 1 aliphatic carbocycles. The van der Waals surface area contributed by atoms with Crippen molar-refractivity contribution >= 4 is 5.91 Å². The first-order valence-electron chi connectivity index (χ1n) is 8.51. The van der Waals surface area contributed by atoms with Crippen molar-refractivity contribution in [3.8, 4) is 0 Å². The Bertz CT molecular complexity index is 454. The number of piperidine rings is 1. The number of hydrogen-bond acceptors (Lipinski definition) is 2. The Hall–Kier alpha value is -1.38. The van der Waals surface area contributed by atoms with Crippen molar-refractivity contribution in [1.82, 2.24) is 9.88 Å². The topological polar surface area (TPSA) is 33.2 Å². The molecule has 3 rings (SSSR count). The monoisotopic (exact) mass is 286 g/mol. The lowest BCUT2D eigenvalue weighted by molar-refractivity contribution is -0.138. The lowest BCUT2D eigenvalue weighted by Gasteiger charge is -2.36. The van der Waals surface area contributed by atoms with Crippen LogP contribution in [0.2, 0.25) is 0 Å². The van der Waals surface area contributed by atoms with Crippen molar-refractivity contribution in [2.24, 2.45) is 11.8 Å². The van der Waals surface area contributed by atoms with Crippen LogP contribution in [0.3, 0.4) is 0 Å². The normalized spacial score (nSPS) is 24.0. The van der Waals surface area contributed by atoms with Crippen LogP contribution in [0.5, 0.6) is 0 Å². The molecular weight excluding hydrogens is 260 g/mol. The van der Waals surface area contributed by atoms with Gasteiger partial charge in [0.2, 0.25) is 5.91 Å². The van der Waals surface area contributed by atoms with E-state index in [0.29, 0.717) is 17.7 Å². The van der Waals surface area contributed by atoms with Crippen molar-refractivity contribution < 1.29 is 4.79 Å². The summed E-state index contributed by atoms with van der Waals surface area (Å²) < 4.78 is 0. The van der Waals surface area contributed by atoms with E-state index in [1.165, 1.54) is 25.7 Å². The summed E-state index contributed by atoms with van der Waals surface area (Å²) in [5.74, 6) is 1.33. The van der Waals surface area contributed by atoms with Crippen molar-refractivity contribution in [2.45, 2.75) is 51.4 Å². The van der Waals surface area contributed by atoms with E-state index in [1.807, 2.05) is 12.3 Å². The molecule has 0 N–H and O–H groups in total. The van der Waals surface area contributed by atoms with Crippen LogP contribution >= 0.6 is 0 Å². The standard InChI is InChI=1S/C18H26N2O/c21-18(16-8-2-1-3-9-16)20-12-6-7-15(14-20)13-17-10-4-5-11-19-17/h4-5,10-11,15-16H,1-3,6-9,12-14H2. The molecule has 1 aromatic heterocycles. The molecule has 1 aliphatic heterocycles. The summed E-state index contributed by atoms with van der Waals surface area (Å²) in [5.41, 5.74) is 1.16. The smallest absolute Gasteiger partial charge is 0.225 e. The van der Waals surface area contributed by atoms with Crippen LogP contribution in [-0.2, 0) is 11.2 Å². The molecule has 1 saturated carbocycles. The van der Waals surface area contributed by atoms with E-state index in [-0.39, 0.29) is 0 Å². The number of nitrogens with zero attached hydrogens (tertiary/aromatic N) is 2. The SMILES string of the molecule is O=C(C1CCCCC1)N1CCCC(Cc2ccccn2)C1. The van der Waals surface area contributed by atoms with Crippen LogP contribution in [-0.4, -0.2) is 28.9 Å². The quantitative estimate of drug-likeness (QED) is 0.852. The number of likely N-dealkylation sites (tertiary alicyclic amines) is 1.